The summed E-state index contributed by atoms with van der Waals surface area (Å²) in [6.45, 7) is 0.791. The second kappa shape index (κ2) is 4.63. The van der Waals surface area contributed by atoms with Crippen molar-refractivity contribution in [1.29, 1.82) is 0 Å². The van der Waals surface area contributed by atoms with Crippen LogP contribution in [-0.2, 0) is 4.74 Å². The van der Waals surface area contributed by atoms with Gasteiger partial charge < -0.3 is 9.84 Å². The molecule has 0 spiro atoms. The summed E-state index contributed by atoms with van der Waals surface area (Å²) in [5.41, 5.74) is 0. The van der Waals surface area contributed by atoms with E-state index in [4.69, 9.17) is 4.74 Å². The molecule has 2 fully saturated rings. The molecule has 0 aliphatic heterocycles. The molecule has 0 aromatic heterocycles. The molecule has 0 aromatic carbocycles. The maximum Gasteiger partial charge on any atom is 0.0574 e. The van der Waals surface area contributed by atoms with Crippen LogP contribution in [0.2, 0.25) is 0 Å². The van der Waals surface area contributed by atoms with Crippen molar-refractivity contribution >= 4 is 0 Å². The normalized spacial score (nSPS) is 37.7. The third-order valence-corrected chi connectivity index (χ3v) is 4.02. The van der Waals surface area contributed by atoms with Gasteiger partial charge in [0, 0.05) is 13.7 Å². The molecule has 2 heteroatoms. The lowest BCUT2D eigenvalue weighted by atomic mass is 10.0. The fraction of sp³-hybridized carbons (Fsp3) is 1.00. The van der Waals surface area contributed by atoms with Crippen molar-refractivity contribution in [3.63, 3.8) is 0 Å². The average molecular weight is 198 g/mol. The summed E-state index contributed by atoms with van der Waals surface area (Å²) in [5.74, 6) is 2.40. The largest absolute Gasteiger partial charge is 0.393 e. The van der Waals surface area contributed by atoms with Gasteiger partial charge in [0.1, 0.15) is 0 Å². The van der Waals surface area contributed by atoms with Gasteiger partial charge in [0.25, 0.3) is 0 Å². The second-order valence-corrected chi connectivity index (χ2v) is 4.89. The van der Waals surface area contributed by atoms with Crippen LogP contribution >= 0.6 is 0 Å². The van der Waals surface area contributed by atoms with Crippen molar-refractivity contribution in [2.45, 2.75) is 44.6 Å². The predicted octanol–water partition coefficient (Wildman–Crippen LogP) is 2.21. The van der Waals surface area contributed by atoms with E-state index < -0.39 is 0 Å². The number of hydrogen-bond donors (Lipinski definition) is 1. The van der Waals surface area contributed by atoms with E-state index in [1.54, 1.807) is 7.11 Å². The highest BCUT2D eigenvalue weighted by atomic mass is 16.5. The third-order valence-electron chi connectivity index (χ3n) is 4.02. The predicted molar refractivity (Wildman–Crippen MR) is 56.1 cm³/mol. The van der Waals surface area contributed by atoms with Crippen molar-refractivity contribution in [1.82, 2.24) is 0 Å². The van der Waals surface area contributed by atoms with Gasteiger partial charge in [-0.1, -0.05) is 12.8 Å². The van der Waals surface area contributed by atoms with Crippen molar-refractivity contribution in [2.75, 3.05) is 13.7 Å². The van der Waals surface area contributed by atoms with Crippen molar-refractivity contribution in [2.24, 2.45) is 17.8 Å². The lowest BCUT2D eigenvalue weighted by Crippen LogP contribution is -2.12. The molecule has 14 heavy (non-hydrogen) atoms. The number of rotatable bonds is 5. The Morgan fingerprint density at radius 2 is 1.93 bits per heavy atom. The summed E-state index contributed by atoms with van der Waals surface area (Å²) >= 11 is 0. The van der Waals surface area contributed by atoms with Crippen LogP contribution in [0.4, 0.5) is 0 Å². The average Bonchev–Trinajstić information content (AvgIpc) is 2.92. The molecule has 2 nitrogen and oxygen atoms in total. The SMILES string of the molecule is COCCCC(O)C1C2CCCCC21. The fourth-order valence-corrected chi connectivity index (χ4v) is 3.25. The highest BCUT2D eigenvalue weighted by molar-refractivity contribution is 5.02. The molecule has 1 N–H and O–H groups in total. The molecule has 2 rings (SSSR count). The van der Waals surface area contributed by atoms with Gasteiger partial charge in [-0.05, 0) is 43.4 Å². The summed E-state index contributed by atoms with van der Waals surface area (Å²) in [7, 11) is 1.73. The Hall–Kier alpha value is -0.0800. The van der Waals surface area contributed by atoms with Gasteiger partial charge in [0.2, 0.25) is 0 Å². The van der Waals surface area contributed by atoms with Gasteiger partial charge in [-0.15, -0.1) is 0 Å². The van der Waals surface area contributed by atoms with Crippen molar-refractivity contribution in [3.05, 3.63) is 0 Å². The van der Waals surface area contributed by atoms with Crippen LogP contribution in [0.5, 0.6) is 0 Å². The van der Waals surface area contributed by atoms with E-state index in [1.165, 1.54) is 25.7 Å². The Morgan fingerprint density at radius 1 is 1.29 bits per heavy atom. The molecule has 82 valence electrons. The zero-order valence-electron chi connectivity index (χ0n) is 9.11. The first-order valence-electron chi connectivity index (χ1n) is 6.01. The number of hydrogen-bond acceptors (Lipinski definition) is 2. The maximum absolute atomic E-state index is 9.99. The van der Waals surface area contributed by atoms with Crippen molar-refractivity contribution < 1.29 is 9.84 Å². The minimum absolute atomic E-state index is 0.0433. The molecule has 0 bridgehead atoms. The number of aliphatic hydroxyl groups excluding tert-OH is 1. The smallest absolute Gasteiger partial charge is 0.0574 e. The van der Waals surface area contributed by atoms with Gasteiger partial charge >= 0.3 is 0 Å². The molecule has 2 saturated carbocycles. The van der Waals surface area contributed by atoms with Crippen LogP contribution in [0.15, 0.2) is 0 Å². The molecule has 0 saturated heterocycles. The molecule has 0 aromatic rings. The summed E-state index contributed by atoms with van der Waals surface area (Å²) in [4.78, 5) is 0. The monoisotopic (exact) mass is 198 g/mol. The first kappa shape index (κ1) is 10.4. The Morgan fingerprint density at radius 3 is 2.50 bits per heavy atom. The summed E-state index contributed by atoms with van der Waals surface area (Å²) in [6.07, 6.45) is 7.43. The number of ether oxygens (including phenoxy) is 1. The van der Waals surface area contributed by atoms with Gasteiger partial charge in [0.15, 0.2) is 0 Å². The van der Waals surface area contributed by atoms with Gasteiger partial charge in [-0.25, -0.2) is 0 Å². The molecular weight excluding hydrogens is 176 g/mol. The molecule has 0 radical (unpaired) electrons. The summed E-state index contributed by atoms with van der Waals surface area (Å²) < 4.78 is 5.00. The van der Waals surface area contributed by atoms with E-state index in [2.05, 4.69) is 0 Å². The zero-order valence-corrected chi connectivity index (χ0v) is 9.11. The molecule has 2 aliphatic rings. The lowest BCUT2D eigenvalue weighted by Gasteiger charge is -2.09. The fourth-order valence-electron chi connectivity index (χ4n) is 3.25. The van der Waals surface area contributed by atoms with Crippen LogP contribution < -0.4 is 0 Å². The second-order valence-electron chi connectivity index (χ2n) is 4.89. The summed E-state index contributed by atoms with van der Waals surface area (Å²) in [5, 5.41) is 9.99. The van der Waals surface area contributed by atoms with Crippen LogP contribution in [-0.4, -0.2) is 24.9 Å². The molecule has 3 atom stereocenters. The minimum Gasteiger partial charge on any atom is -0.393 e. The lowest BCUT2D eigenvalue weighted by molar-refractivity contribution is 0.111. The Kier molecular flexibility index (Phi) is 3.45. The van der Waals surface area contributed by atoms with Crippen LogP contribution in [0.25, 0.3) is 0 Å². The maximum atomic E-state index is 9.99. The van der Waals surface area contributed by atoms with E-state index in [-0.39, 0.29) is 6.10 Å². The van der Waals surface area contributed by atoms with Crippen LogP contribution in [0, 0.1) is 17.8 Å². The Bertz CT molecular complexity index is 169. The number of fused-ring (bicyclic) bond motifs is 1. The van der Waals surface area contributed by atoms with E-state index in [0.717, 1.165) is 31.3 Å². The summed E-state index contributed by atoms with van der Waals surface area (Å²) in [6, 6.07) is 0. The Labute approximate surface area is 86.6 Å². The molecule has 3 unspecified atom stereocenters. The first-order chi connectivity index (χ1) is 6.84. The topological polar surface area (TPSA) is 29.5 Å². The molecular formula is C12H22O2. The Balaban J connectivity index is 1.69. The molecule has 0 amide bonds. The van der Waals surface area contributed by atoms with E-state index in [0.29, 0.717) is 5.92 Å². The van der Waals surface area contributed by atoms with E-state index in [9.17, 15) is 5.11 Å². The van der Waals surface area contributed by atoms with E-state index >= 15 is 0 Å². The van der Waals surface area contributed by atoms with Gasteiger partial charge in [-0.3, -0.25) is 0 Å². The highest BCUT2D eigenvalue weighted by Crippen LogP contribution is 2.57. The van der Waals surface area contributed by atoms with Crippen LogP contribution in [0.3, 0.4) is 0 Å². The zero-order chi connectivity index (χ0) is 9.97. The standard InChI is InChI=1S/C12H22O2/c1-14-8-4-7-11(13)12-9-5-2-3-6-10(9)12/h9-13H,2-8H2,1H3. The van der Waals surface area contributed by atoms with E-state index in [1.807, 2.05) is 0 Å². The van der Waals surface area contributed by atoms with Crippen LogP contribution in [0.1, 0.15) is 38.5 Å². The number of aliphatic hydroxyl groups is 1. The highest BCUT2D eigenvalue weighted by Gasteiger charge is 2.53. The molecule has 0 heterocycles. The third kappa shape index (κ3) is 2.12. The molecule has 2 aliphatic carbocycles. The van der Waals surface area contributed by atoms with Gasteiger partial charge in [-0.2, -0.15) is 0 Å². The first-order valence-corrected chi connectivity index (χ1v) is 6.01. The number of methoxy groups -OCH3 is 1. The quantitative estimate of drug-likeness (QED) is 0.686. The van der Waals surface area contributed by atoms with Crippen molar-refractivity contribution in [3.8, 4) is 0 Å². The minimum atomic E-state index is -0.0433. The van der Waals surface area contributed by atoms with Gasteiger partial charge in [0.05, 0.1) is 6.10 Å².